The third-order valence-corrected chi connectivity index (χ3v) is 11.9. The van der Waals surface area contributed by atoms with Gasteiger partial charge in [-0.2, -0.15) is 0 Å². The molecule has 3 aliphatic rings. The lowest BCUT2D eigenvalue weighted by Gasteiger charge is -2.41. The highest BCUT2D eigenvalue weighted by atomic mass is 79.9. The summed E-state index contributed by atoms with van der Waals surface area (Å²) in [4.78, 5) is 45.9. The van der Waals surface area contributed by atoms with Gasteiger partial charge in [-0.05, 0) is 37.3 Å². The van der Waals surface area contributed by atoms with Gasteiger partial charge in [-0.1, -0.05) is 73.1 Å². The van der Waals surface area contributed by atoms with Crippen LogP contribution in [0.1, 0.15) is 37.8 Å². The number of aryl methyl sites for hydroxylation is 2. The van der Waals surface area contributed by atoms with E-state index >= 15 is 0 Å². The third kappa shape index (κ3) is 4.78. The number of halogens is 1. The molecule has 2 amide bonds. The smallest absolute Gasteiger partial charge is 0.311 e. The van der Waals surface area contributed by atoms with Crippen molar-refractivity contribution in [2.45, 2.75) is 67.4 Å². The summed E-state index contributed by atoms with van der Waals surface area (Å²) >= 11 is 5.35. The van der Waals surface area contributed by atoms with Gasteiger partial charge in [0.25, 0.3) is 5.91 Å². The molecule has 212 valence electrons. The molecule has 4 rings (SSSR count). The molecular formula is C30H39BrN2O5S. The number of anilines is 1. The molecule has 1 N–H and O–H groups in total. The first-order valence-corrected chi connectivity index (χ1v) is 15.4. The number of nitrogens with zero attached hydrogens (tertiary/aromatic N) is 2. The van der Waals surface area contributed by atoms with E-state index in [0.29, 0.717) is 6.42 Å². The molecule has 3 unspecified atom stereocenters. The molecule has 0 aliphatic carbocycles. The Morgan fingerprint density at radius 3 is 2.54 bits per heavy atom. The van der Waals surface area contributed by atoms with Gasteiger partial charge in [0.1, 0.15) is 12.6 Å². The third-order valence-electron chi connectivity index (χ3n) is 8.71. The zero-order chi connectivity index (χ0) is 28.6. The lowest BCUT2D eigenvalue weighted by atomic mass is 9.71. The lowest BCUT2D eigenvalue weighted by Crippen LogP contribution is -2.59. The van der Waals surface area contributed by atoms with E-state index in [1.165, 1.54) is 6.08 Å². The van der Waals surface area contributed by atoms with Gasteiger partial charge in [0.15, 0.2) is 0 Å². The average molecular weight is 620 g/mol. The second-order valence-electron chi connectivity index (χ2n) is 10.9. The molecule has 8 atom stereocenters. The highest BCUT2D eigenvalue weighted by Gasteiger charge is 2.77. The SMILES string of the molecule is C=CCOC(=O)[C@H]1[C@@H]2SC3(CC2Br)C(C(=O)N(CC=C)c2c(C)cccc2C)N([C@@H](CO)[C@@H](C)CC)C(=O)[C@H]13. The van der Waals surface area contributed by atoms with E-state index in [0.717, 1.165) is 23.2 Å². The van der Waals surface area contributed by atoms with Gasteiger partial charge in [-0.25, -0.2) is 0 Å². The van der Waals surface area contributed by atoms with Crippen LogP contribution in [0.25, 0.3) is 0 Å². The van der Waals surface area contributed by atoms with Gasteiger partial charge in [0, 0.05) is 22.3 Å². The number of carbonyl (C=O) groups excluding carboxylic acids is 3. The summed E-state index contributed by atoms with van der Waals surface area (Å²) in [5.41, 5.74) is 2.69. The molecule has 2 bridgehead atoms. The number of fused-ring (bicyclic) bond motifs is 1. The molecule has 39 heavy (non-hydrogen) atoms. The molecule has 3 fully saturated rings. The van der Waals surface area contributed by atoms with Crippen molar-refractivity contribution in [1.82, 2.24) is 4.90 Å². The van der Waals surface area contributed by atoms with Crippen molar-refractivity contribution >= 4 is 51.2 Å². The summed E-state index contributed by atoms with van der Waals surface area (Å²) in [6.45, 7) is 15.6. The highest BCUT2D eigenvalue weighted by Crippen LogP contribution is 2.68. The Bertz CT molecular complexity index is 1140. The number of amides is 2. The monoisotopic (exact) mass is 618 g/mol. The number of likely N-dealkylation sites (tertiary alicyclic amines) is 1. The molecule has 1 aromatic rings. The minimum absolute atomic E-state index is 0.0503. The Hall–Kier alpha value is -2.10. The molecule has 3 heterocycles. The molecule has 1 aromatic carbocycles. The fraction of sp³-hybridized carbons (Fsp3) is 0.567. The average Bonchev–Trinajstić information content (AvgIpc) is 3.50. The number of rotatable bonds is 11. The number of carbonyl (C=O) groups is 3. The van der Waals surface area contributed by atoms with Gasteiger partial charge in [-0.3, -0.25) is 14.4 Å². The van der Waals surface area contributed by atoms with Crippen LogP contribution in [0.3, 0.4) is 0 Å². The van der Waals surface area contributed by atoms with Crippen LogP contribution in [0.5, 0.6) is 0 Å². The van der Waals surface area contributed by atoms with Crippen LogP contribution < -0.4 is 4.90 Å². The number of aliphatic hydroxyl groups excluding tert-OH is 1. The second-order valence-corrected chi connectivity index (χ2v) is 13.7. The van der Waals surface area contributed by atoms with E-state index in [1.807, 2.05) is 45.9 Å². The summed E-state index contributed by atoms with van der Waals surface area (Å²) in [5, 5.41) is 10.4. The first-order valence-electron chi connectivity index (χ1n) is 13.6. The highest BCUT2D eigenvalue weighted by molar-refractivity contribution is 9.09. The van der Waals surface area contributed by atoms with Gasteiger partial charge < -0.3 is 19.6 Å². The molecule has 0 radical (unpaired) electrons. The van der Waals surface area contributed by atoms with Crippen molar-refractivity contribution in [3.8, 4) is 0 Å². The maximum atomic E-state index is 14.9. The Kier molecular flexibility index (Phi) is 9.03. The van der Waals surface area contributed by atoms with Crippen LogP contribution in [-0.4, -0.2) is 74.5 Å². The Labute approximate surface area is 244 Å². The van der Waals surface area contributed by atoms with E-state index in [4.69, 9.17) is 4.74 Å². The summed E-state index contributed by atoms with van der Waals surface area (Å²) < 4.78 is 4.65. The molecule has 9 heteroatoms. The van der Waals surface area contributed by atoms with Gasteiger partial charge >= 0.3 is 5.97 Å². The van der Waals surface area contributed by atoms with Crippen molar-refractivity contribution in [3.63, 3.8) is 0 Å². The largest absolute Gasteiger partial charge is 0.461 e. The zero-order valence-electron chi connectivity index (χ0n) is 23.1. The Morgan fingerprint density at radius 2 is 1.97 bits per heavy atom. The number of hydrogen-bond acceptors (Lipinski definition) is 6. The van der Waals surface area contributed by atoms with E-state index in [1.54, 1.807) is 27.6 Å². The van der Waals surface area contributed by atoms with Crippen molar-refractivity contribution in [3.05, 3.63) is 54.6 Å². The Balaban J connectivity index is 1.89. The van der Waals surface area contributed by atoms with Crippen molar-refractivity contribution < 1.29 is 24.2 Å². The van der Waals surface area contributed by atoms with Crippen LogP contribution in [0.4, 0.5) is 5.69 Å². The summed E-state index contributed by atoms with van der Waals surface area (Å²) in [6.07, 6.45) is 4.49. The zero-order valence-corrected chi connectivity index (χ0v) is 25.5. The van der Waals surface area contributed by atoms with E-state index in [-0.39, 0.29) is 47.6 Å². The number of alkyl halides is 1. The van der Waals surface area contributed by atoms with Crippen molar-refractivity contribution in [1.29, 1.82) is 0 Å². The molecule has 3 saturated heterocycles. The fourth-order valence-corrected chi connectivity index (χ4v) is 10.4. The first-order chi connectivity index (χ1) is 18.6. The number of hydrogen-bond donors (Lipinski definition) is 1. The number of para-hydroxylation sites is 1. The normalized spacial score (nSPS) is 30.6. The van der Waals surface area contributed by atoms with E-state index in [2.05, 4.69) is 29.1 Å². The standard InChI is InChI=1S/C30H39BrN2O5S/c1-7-13-32(24-18(5)11-10-12-19(24)6)28(36)26-30-15-20(31)25(39-30)22(29(37)38-14-8-2)23(30)27(35)33(26)21(16-34)17(4)9-3/h7-8,10-12,17,20-23,25-26,34H,1-2,9,13-16H2,3-6H3/t17-,20?,21-,22+,23-,25+,26?,30?/m0/s1. The van der Waals surface area contributed by atoms with Crippen LogP contribution in [-0.2, 0) is 19.1 Å². The number of aliphatic hydroxyl groups is 1. The minimum atomic E-state index is -0.854. The van der Waals surface area contributed by atoms with Crippen molar-refractivity contribution in [2.24, 2.45) is 17.8 Å². The predicted molar refractivity (Wildman–Crippen MR) is 159 cm³/mol. The van der Waals surface area contributed by atoms with E-state index in [9.17, 15) is 19.5 Å². The Morgan fingerprint density at radius 1 is 1.31 bits per heavy atom. The molecular weight excluding hydrogens is 580 g/mol. The number of esters is 1. The second kappa shape index (κ2) is 11.8. The van der Waals surface area contributed by atoms with E-state index < -0.39 is 34.6 Å². The summed E-state index contributed by atoms with van der Waals surface area (Å²) in [6, 6.07) is 4.48. The maximum absolute atomic E-state index is 14.9. The molecule has 3 aliphatic heterocycles. The maximum Gasteiger partial charge on any atom is 0.311 e. The van der Waals surface area contributed by atoms with Gasteiger partial charge in [0.05, 0.1) is 29.2 Å². The molecule has 7 nitrogen and oxygen atoms in total. The fourth-order valence-electron chi connectivity index (χ4n) is 6.82. The van der Waals surface area contributed by atoms with Crippen LogP contribution >= 0.6 is 27.7 Å². The topological polar surface area (TPSA) is 87.2 Å². The molecule has 1 spiro atoms. The molecule has 0 saturated carbocycles. The number of benzene rings is 1. The predicted octanol–water partition coefficient (Wildman–Crippen LogP) is 4.42. The van der Waals surface area contributed by atoms with Crippen LogP contribution in [0, 0.1) is 31.6 Å². The quantitative estimate of drug-likeness (QED) is 0.224. The summed E-state index contributed by atoms with van der Waals surface area (Å²) in [5.74, 6) is -2.35. The minimum Gasteiger partial charge on any atom is -0.461 e. The lowest BCUT2D eigenvalue weighted by molar-refractivity contribution is -0.153. The van der Waals surface area contributed by atoms with Crippen molar-refractivity contribution in [2.75, 3.05) is 24.7 Å². The van der Waals surface area contributed by atoms with Gasteiger partial charge in [-0.15, -0.1) is 18.3 Å². The number of thioether (sulfide) groups is 1. The number of ether oxygens (including phenoxy) is 1. The molecule has 0 aromatic heterocycles. The van der Waals surface area contributed by atoms with Crippen LogP contribution in [0.15, 0.2) is 43.5 Å². The first kappa shape index (κ1) is 29.9. The summed E-state index contributed by atoms with van der Waals surface area (Å²) in [7, 11) is 0. The van der Waals surface area contributed by atoms with Gasteiger partial charge in [0.2, 0.25) is 5.91 Å². The van der Waals surface area contributed by atoms with Crippen LogP contribution in [0.2, 0.25) is 0 Å².